The van der Waals surface area contributed by atoms with Gasteiger partial charge in [0.1, 0.15) is 0 Å². The van der Waals surface area contributed by atoms with E-state index in [0.29, 0.717) is 24.8 Å². The molecule has 1 aromatic heterocycles. The van der Waals surface area contributed by atoms with Crippen LogP contribution in [0.25, 0.3) is 0 Å². The van der Waals surface area contributed by atoms with Crippen LogP contribution in [0.5, 0.6) is 0 Å². The summed E-state index contributed by atoms with van der Waals surface area (Å²) in [6, 6.07) is 0.0295. The molecule has 0 radical (unpaired) electrons. The number of nitrogens with zero attached hydrogens (tertiary/aromatic N) is 2. The highest BCUT2D eigenvalue weighted by atomic mass is 16.5. The zero-order valence-corrected chi connectivity index (χ0v) is 11.5. The van der Waals surface area contributed by atoms with Crippen molar-refractivity contribution in [3.05, 3.63) is 11.7 Å². The molecule has 2 heterocycles. The topological polar surface area (TPSA) is 71.2 Å². The average Bonchev–Trinajstić information content (AvgIpc) is 3.07. The van der Waals surface area contributed by atoms with Gasteiger partial charge in [-0.05, 0) is 25.2 Å². The van der Waals surface area contributed by atoms with E-state index in [1.54, 1.807) is 0 Å². The smallest absolute Gasteiger partial charge is 0.243 e. The van der Waals surface area contributed by atoms with E-state index >= 15 is 0 Å². The van der Waals surface area contributed by atoms with Crippen LogP contribution in [0.3, 0.4) is 0 Å². The van der Waals surface area contributed by atoms with Crippen molar-refractivity contribution in [2.24, 2.45) is 5.92 Å². The standard InChI is InChI=1S/C14H23N3O2/c1-2-9-4-3-5-10(6-9)13-16-14(19-17-13)12-7-11(18)8-15-12/h9-12,15,18H,2-8H2,1H3/t9?,10?,11-,12-/m0/s1. The van der Waals surface area contributed by atoms with Gasteiger partial charge in [-0.3, -0.25) is 0 Å². The fourth-order valence-corrected chi connectivity index (χ4v) is 3.36. The van der Waals surface area contributed by atoms with Gasteiger partial charge in [-0.1, -0.05) is 31.3 Å². The van der Waals surface area contributed by atoms with E-state index in [4.69, 9.17) is 4.52 Å². The van der Waals surface area contributed by atoms with Gasteiger partial charge in [-0.25, -0.2) is 0 Å². The van der Waals surface area contributed by atoms with Gasteiger partial charge in [0.2, 0.25) is 5.89 Å². The molecule has 2 aliphatic rings. The molecule has 1 saturated carbocycles. The zero-order chi connectivity index (χ0) is 13.2. The third-order valence-corrected chi connectivity index (χ3v) is 4.59. The predicted octanol–water partition coefficient (Wildman–Crippen LogP) is 2.15. The van der Waals surface area contributed by atoms with Crippen molar-refractivity contribution in [2.45, 2.75) is 63.5 Å². The average molecular weight is 265 g/mol. The molecule has 1 aliphatic carbocycles. The largest absolute Gasteiger partial charge is 0.392 e. The van der Waals surface area contributed by atoms with Crippen LogP contribution in [-0.2, 0) is 0 Å². The van der Waals surface area contributed by atoms with Crippen LogP contribution in [0.1, 0.15) is 69.1 Å². The highest BCUT2D eigenvalue weighted by Gasteiger charge is 2.30. The van der Waals surface area contributed by atoms with E-state index in [1.807, 2.05) is 0 Å². The normalized spacial score (nSPS) is 35.7. The summed E-state index contributed by atoms with van der Waals surface area (Å²) < 4.78 is 5.38. The van der Waals surface area contributed by atoms with Gasteiger partial charge in [0.15, 0.2) is 5.82 Å². The third kappa shape index (κ3) is 2.82. The number of rotatable bonds is 3. The molecular formula is C14H23N3O2. The number of β-amino-alcohol motifs (C(OH)–C–C–N with tert-alkyl or cyclic N) is 1. The number of aromatic nitrogens is 2. The number of aliphatic hydroxyl groups is 1. The molecule has 0 amide bonds. The molecule has 0 aromatic carbocycles. The Morgan fingerprint density at radius 2 is 2.26 bits per heavy atom. The summed E-state index contributed by atoms with van der Waals surface area (Å²) in [5, 5.41) is 16.9. The quantitative estimate of drug-likeness (QED) is 0.876. The van der Waals surface area contributed by atoms with Crippen molar-refractivity contribution in [2.75, 3.05) is 6.54 Å². The van der Waals surface area contributed by atoms with Gasteiger partial charge in [0, 0.05) is 12.5 Å². The molecule has 2 fully saturated rings. The van der Waals surface area contributed by atoms with Crippen molar-refractivity contribution in [3.8, 4) is 0 Å². The lowest BCUT2D eigenvalue weighted by Gasteiger charge is -2.26. The summed E-state index contributed by atoms with van der Waals surface area (Å²) in [4.78, 5) is 4.57. The first-order chi connectivity index (χ1) is 9.26. The van der Waals surface area contributed by atoms with E-state index in [2.05, 4.69) is 22.4 Å². The van der Waals surface area contributed by atoms with Crippen LogP contribution < -0.4 is 5.32 Å². The number of aliphatic hydroxyl groups excluding tert-OH is 1. The number of nitrogens with one attached hydrogen (secondary N) is 1. The maximum atomic E-state index is 9.53. The second-order valence-electron chi connectivity index (χ2n) is 5.98. The Hall–Kier alpha value is -0.940. The van der Waals surface area contributed by atoms with Gasteiger partial charge < -0.3 is 14.9 Å². The van der Waals surface area contributed by atoms with E-state index in [1.165, 1.54) is 32.1 Å². The number of hydrogen-bond donors (Lipinski definition) is 2. The second kappa shape index (κ2) is 5.59. The lowest BCUT2D eigenvalue weighted by molar-refractivity contribution is 0.191. The molecule has 2 N–H and O–H groups in total. The van der Waals surface area contributed by atoms with E-state index < -0.39 is 0 Å². The van der Waals surface area contributed by atoms with Crippen LogP contribution in [-0.4, -0.2) is 27.9 Å². The van der Waals surface area contributed by atoms with Crippen LogP contribution in [0, 0.1) is 5.92 Å². The maximum Gasteiger partial charge on any atom is 0.243 e. The monoisotopic (exact) mass is 265 g/mol. The van der Waals surface area contributed by atoms with Crippen LogP contribution in [0.2, 0.25) is 0 Å². The second-order valence-corrected chi connectivity index (χ2v) is 5.98. The molecule has 4 atom stereocenters. The summed E-state index contributed by atoms with van der Waals surface area (Å²) in [5.74, 6) is 2.79. The van der Waals surface area contributed by atoms with Crippen molar-refractivity contribution >= 4 is 0 Å². The van der Waals surface area contributed by atoms with Crippen molar-refractivity contribution in [1.82, 2.24) is 15.5 Å². The van der Waals surface area contributed by atoms with Crippen LogP contribution in [0.15, 0.2) is 4.52 Å². The Morgan fingerprint density at radius 1 is 1.37 bits per heavy atom. The fourth-order valence-electron chi connectivity index (χ4n) is 3.36. The molecule has 0 spiro atoms. The van der Waals surface area contributed by atoms with Gasteiger partial charge in [0.05, 0.1) is 12.1 Å². The Morgan fingerprint density at radius 3 is 3.00 bits per heavy atom. The molecule has 2 unspecified atom stereocenters. The Labute approximate surface area is 113 Å². The summed E-state index contributed by atoms with van der Waals surface area (Å²) in [6.07, 6.45) is 6.61. The third-order valence-electron chi connectivity index (χ3n) is 4.59. The molecule has 1 aliphatic heterocycles. The minimum absolute atomic E-state index is 0.0295. The SMILES string of the molecule is CCC1CCCC(c2noc([C@@H]3C[C@H](O)CN3)n2)C1. The molecule has 1 aromatic rings. The van der Waals surface area contributed by atoms with Gasteiger partial charge in [0.25, 0.3) is 0 Å². The summed E-state index contributed by atoms with van der Waals surface area (Å²) in [6.45, 7) is 2.88. The molecule has 5 heteroatoms. The minimum atomic E-state index is -0.292. The lowest BCUT2D eigenvalue weighted by Crippen LogP contribution is -2.16. The molecular weight excluding hydrogens is 242 g/mol. The van der Waals surface area contributed by atoms with Crippen molar-refractivity contribution < 1.29 is 9.63 Å². The highest BCUT2D eigenvalue weighted by molar-refractivity contribution is 5.02. The molecule has 0 bridgehead atoms. The Kier molecular flexibility index (Phi) is 3.84. The van der Waals surface area contributed by atoms with E-state index in [9.17, 15) is 5.11 Å². The molecule has 1 saturated heterocycles. The van der Waals surface area contributed by atoms with E-state index in [-0.39, 0.29) is 12.1 Å². The molecule has 5 nitrogen and oxygen atoms in total. The summed E-state index contributed by atoms with van der Waals surface area (Å²) in [5.41, 5.74) is 0. The zero-order valence-electron chi connectivity index (χ0n) is 11.5. The molecule has 19 heavy (non-hydrogen) atoms. The van der Waals surface area contributed by atoms with Crippen molar-refractivity contribution in [1.29, 1.82) is 0 Å². The molecule has 106 valence electrons. The Balaban J connectivity index is 1.67. The maximum absolute atomic E-state index is 9.53. The van der Waals surface area contributed by atoms with Crippen LogP contribution >= 0.6 is 0 Å². The Bertz CT molecular complexity index is 421. The van der Waals surface area contributed by atoms with Crippen LogP contribution in [0.4, 0.5) is 0 Å². The lowest BCUT2D eigenvalue weighted by atomic mass is 9.80. The van der Waals surface area contributed by atoms with Gasteiger partial charge >= 0.3 is 0 Å². The highest BCUT2D eigenvalue weighted by Crippen LogP contribution is 2.36. The minimum Gasteiger partial charge on any atom is -0.392 e. The summed E-state index contributed by atoms with van der Waals surface area (Å²) >= 11 is 0. The molecule has 3 rings (SSSR count). The fraction of sp³-hybridized carbons (Fsp3) is 0.857. The predicted molar refractivity (Wildman–Crippen MR) is 70.7 cm³/mol. The number of hydrogen-bond acceptors (Lipinski definition) is 5. The first-order valence-corrected chi connectivity index (χ1v) is 7.51. The first-order valence-electron chi connectivity index (χ1n) is 7.51. The first kappa shape index (κ1) is 13.1. The summed E-state index contributed by atoms with van der Waals surface area (Å²) in [7, 11) is 0. The van der Waals surface area contributed by atoms with Gasteiger partial charge in [-0.2, -0.15) is 4.98 Å². The van der Waals surface area contributed by atoms with E-state index in [0.717, 1.165) is 11.7 Å². The van der Waals surface area contributed by atoms with Gasteiger partial charge in [-0.15, -0.1) is 0 Å². The van der Waals surface area contributed by atoms with Crippen molar-refractivity contribution in [3.63, 3.8) is 0 Å².